The van der Waals surface area contributed by atoms with E-state index in [1.54, 1.807) is 48.5 Å². The van der Waals surface area contributed by atoms with E-state index in [0.717, 1.165) is 12.8 Å². The van der Waals surface area contributed by atoms with Crippen molar-refractivity contribution in [3.63, 3.8) is 0 Å². The molecule has 0 spiro atoms. The Bertz CT molecular complexity index is 715. The van der Waals surface area contributed by atoms with Gasteiger partial charge in [-0.1, -0.05) is 18.2 Å². The Morgan fingerprint density at radius 3 is 2.78 bits per heavy atom. The van der Waals surface area contributed by atoms with Crippen molar-refractivity contribution in [2.45, 2.75) is 31.8 Å². The van der Waals surface area contributed by atoms with Crippen LogP contribution in [0, 0.1) is 5.82 Å². The highest BCUT2D eigenvalue weighted by Gasteiger charge is 2.23. The molecule has 3 rings (SSSR count). The highest BCUT2D eigenvalue weighted by Crippen LogP contribution is 2.26. The molecule has 1 N–H and O–H groups in total. The van der Waals surface area contributed by atoms with Gasteiger partial charge in [-0.2, -0.15) is 0 Å². The van der Waals surface area contributed by atoms with Gasteiger partial charge in [-0.05, 0) is 38.0 Å². The van der Waals surface area contributed by atoms with Gasteiger partial charge in [0.2, 0.25) is 0 Å². The summed E-state index contributed by atoms with van der Waals surface area (Å²) in [4.78, 5) is 18.5. The second-order valence-corrected chi connectivity index (χ2v) is 5.96. The summed E-state index contributed by atoms with van der Waals surface area (Å²) in [7, 11) is 1.69. The summed E-state index contributed by atoms with van der Waals surface area (Å²) in [5, 5.41) is 3.28. The molecule has 0 radical (unpaired) electrons. The number of benzene rings is 1. The molecule has 1 aliphatic carbocycles. The number of pyridine rings is 1. The van der Waals surface area contributed by atoms with Crippen LogP contribution in [-0.4, -0.2) is 28.9 Å². The Hall–Kier alpha value is -2.43. The highest BCUT2D eigenvalue weighted by atomic mass is 19.1. The highest BCUT2D eigenvalue weighted by molar-refractivity contribution is 5.95. The Morgan fingerprint density at radius 2 is 2.09 bits per heavy atom. The van der Waals surface area contributed by atoms with Gasteiger partial charge in [-0.25, -0.2) is 9.37 Å². The smallest absolute Gasteiger partial charge is 0.254 e. The summed E-state index contributed by atoms with van der Waals surface area (Å²) in [5.41, 5.74) is 1.06. The second-order valence-electron chi connectivity index (χ2n) is 5.96. The molecule has 0 saturated heterocycles. The van der Waals surface area contributed by atoms with Crippen molar-refractivity contribution in [1.29, 1.82) is 0 Å². The number of carbonyl (C=O) groups excluding carboxylic acids is 1. The molecule has 1 atom stereocenters. The standard InChI is InChI=1S/C18H20FN3O/c1-12(15-5-3-4-6-16(15)19)22(2)18(23)13-9-10-20-17(11-13)21-14-7-8-14/h3-6,9-12,14H,7-8H2,1-2H3,(H,20,21)/t12-/m1/s1. The molecule has 4 nitrogen and oxygen atoms in total. The van der Waals surface area contributed by atoms with E-state index < -0.39 is 0 Å². The number of halogens is 1. The van der Waals surface area contributed by atoms with Crippen LogP contribution in [0.4, 0.5) is 10.2 Å². The predicted molar refractivity (Wildman–Crippen MR) is 87.8 cm³/mol. The van der Waals surface area contributed by atoms with Gasteiger partial charge in [-0.15, -0.1) is 0 Å². The first-order valence-electron chi connectivity index (χ1n) is 7.80. The molecule has 1 saturated carbocycles. The van der Waals surface area contributed by atoms with E-state index in [-0.39, 0.29) is 17.8 Å². The number of carbonyl (C=O) groups is 1. The lowest BCUT2D eigenvalue weighted by atomic mass is 10.1. The van der Waals surface area contributed by atoms with Crippen LogP contribution in [-0.2, 0) is 0 Å². The molecular weight excluding hydrogens is 293 g/mol. The van der Waals surface area contributed by atoms with Gasteiger partial charge in [0.15, 0.2) is 0 Å². The largest absolute Gasteiger partial charge is 0.367 e. The van der Waals surface area contributed by atoms with Crippen molar-refractivity contribution >= 4 is 11.7 Å². The van der Waals surface area contributed by atoms with Crippen molar-refractivity contribution in [3.05, 3.63) is 59.5 Å². The van der Waals surface area contributed by atoms with Gasteiger partial charge < -0.3 is 10.2 Å². The monoisotopic (exact) mass is 313 g/mol. The topological polar surface area (TPSA) is 45.2 Å². The molecule has 5 heteroatoms. The van der Waals surface area contributed by atoms with Crippen LogP contribution in [0.3, 0.4) is 0 Å². The Kier molecular flexibility index (Phi) is 4.28. The molecule has 1 amide bonds. The number of anilines is 1. The molecule has 1 aliphatic rings. The van der Waals surface area contributed by atoms with Gasteiger partial charge in [-0.3, -0.25) is 4.79 Å². The maximum atomic E-state index is 13.9. The normalized spacial score (nSPS) is 15.1. The molecule has 1 aromatic heterocycles. The minimum absolute atomic E-state index is 0.151. The first-order valence-corrected chi connectivity index (χ1v) is 7.80. The zero-order chi connectivity index (χ0) is 16.4. The van der Waals surface area contributed by atoms with Gasteiger partial charge in [0, 0.05) is 30.4 Å². The first kappa shape index (κ1) is 15.5. The van der Waals surface area contributed by atoms with E-state index >= 15 is 0 Å². The van der Waals surface area contributed by atoms with Crippen molar-refractivity contribution in [2.75, 3.05) is 12.4 Å². The number of aromatic nitrogens is 1. The minimum atomic E-state index is -0.350. The predicted octanol–water partition coefficient (Wildman–Crippen LogP) is 3.63. The third kappa shape index (κ3) is 3.50. The summed E-state index contributed by atoms with van der Waals surface area (Å²) in [6, 6.07) is 10.1. The summed E-state index contributed by atoms with van der Waals surface area (Å²) in [5.74, 6) is 0.262. The third-order valence-electron chi connectivity index (χ3n) is 4.19. The molecule has 0 unspecified atom stereocenters. The summed E-state index contributed by atoms with van der Waals surface area (Å²) < 4.78 is 13.9. The molecule has 1 fully saturated rings. The quantitative estimate of drug-likeness (QED) is 0.917. The number of rotatable bonds is 5. The SMILES string of the molecule is C[C@H](c1ccccc1F)N(C)C(=O)c1ccnc(NC2CC2)c1. The molecule has 0 aliphatic heterocycles. The molecule has 120 valence electrons. The average molecular weight is 313 g/mol. The van der Waals surface area contributed by atoms with Crippen LogP contribution in [0.25, 0.3) is 0 Å². The van der Waals surface area contributed by atoms with Gasteiger partial charge in [0.05, 0.1) is 6.04 Å². The fourth-order valence-corrected chi connectivity index (χ4v) is 2.48. The summed E-state index contributed by atoms with van der Waals surface area (Å²) >= 11 is 0. The van der Waals surface area contributed by atoms with Crippen LogP contribution < -0.4 is 5.32 Å². The Morgan fingerprint density at radius 1 is 1.35 bits per heavy atom. The third-order valence-corrected chi connectivity index (χ3v) is 4.19. The van der Waals surface area contributed by atoms with E-state index in [1.807, 2.05) is 6.92 Å². The fourth-order valence-electron chi connectivity index (χ4n) is 2.48. The van der Waals surface area contributed by atoms with Crippen LogP contribution >= 0.6 is 0 Å². The van der Waals surface area contributed by atoms with E-state index in [4.69, 9.17) is 0 Å². The molecule has 23 heavy (non-hydrogen) atoms. The van der Waals surface area contributed by atoms with Crippen molar-refractivity contribution in [1.82, 2.24) is 9.88 Å². The number of amides is 1. The fraction of sp³-hybridized carbons (Fsp3) is 0.333. The lowest BCUT2D eigenvalue weighted by Crippen LogP contribution is -2.30. The number of hydrogen-bond donors (Lipinski definition) is 1. The second kappa shape index (κ2) is 6.36. The van der Waals surface area contributed by atoms with Crippen LogP contribution in [0.1, 0.15) is 41.7 Å². The minimum Gasteiger partial charge on any atom is -0.367 e. The van der Waals surface area contributed by atoms with Crippen LogP contribution in [0.5, 0.6) is 0 Å². The van der Waals surface area contributed by atoms with Gasteiger partial charge in [0.1, 0.15) is 11.6 Å². The molecule has 1 aromatic carbocycles. The van der Waals surface area contributed by atoms with Gasteiger partial charge in [0.25, 0.3) is 5.91 Å². The number of nitrogens with zero attached hydrogens (tertiary/aromatic N) is 2. The van der Waals surface area contributed by atoms with E-state index in [1.165, 1.54) is 6.07 Å². The maximum Gasteiger partial charge on any atom is 0.254 e. The van der Waals surface area contributed by atoms with Crippen molar-refractivity contribution < 1.29 is 9.18 Å². The van der Waals surface area contributed by atoms with Crippen LogP contribution in [0.2, 0.25) is 0 Å². The maximum absolute atomic E-state index is 13.9. The molecule has 2 aromatic rings. The molecule has 0 bridgehead atoms. The van der Waals surface area contributed by atoms with Crippen LogP contribution in [0.15, 0.2) is 42.6 Å². The number of nitrogens with one attached hydrogen (secondary N) is 1. The number of hydrogen-bond acceptors (Lipinski definition) is 3. The van der Waals surface area contributed by atoms with Crippen molar-refractivity contribution in [3.8, 4) is 0 Å². The summed E-state index contributed by atoms with van der Waals surface area (Å²) in [6.07, 6.45) is 3.91. The lowest BCUT2D eigenvalue weighted by Gasteiger charge is -2.26. The van der Waals surface area contributed by atoms with E-state index in [9.17, 15) is 9.18 Å². The van der Waals surface area contributed by atoms with E-state index in [0.29, 0.717) is 23.0 Å². The molecular formula is C18H20FN3O. The Balaban J connectivity index is 1.77. The summed E-state index contributed by atoms with van der Waals surface area (Å²) in [6.45, 7) is 1.82. The first-order chi connectivity index (χ1) is 11.1. The lowest BCUT2D eigenvalue weighted by molar-refractivity contribution is 0.0740. The molecule has 1 heterocycles. The Labute approximate surface area is 135 Å². The average Bonchev–Trinajstić information content (AvgIpc) is 3.37. The van der Waals surface area contributed by atoms with Crippen molar-refractivity contribution in [2.24, 2.45) is 0 Å². The van der Waals surface area contributed by atoms with Gasteiger partial charge >= 0.3 is 0 Å². The van der Waals surface area contributed by atoms with E-state index in [2.05, 4.69) is 10.3 Å². The zero-order valence-corrected chi connectivity index (χ0v) is 13.3. The zero-order valence-electron chi connectivity index (χ0n) is 13.3.